The number of phenolic OH excluding ortho intramolecular Hbond substituents is 2. The second-order valence-electron chi connectivity index (χ2n) is 10.1. The lowest BCUT2D eigenvalue weighted by Crippen LogP contribution is -2.61. The first-order valence-electron chi connectivity index (χ1n) is 12.9. The van der Waals surface area contributed by atoms with E-state index in [1.54, 1.807) is 0 Å². The molecule has 0 spiro atoms. The number of rotatable bonds is 6. The summed E-state index contributed by atoms with van der Waals surface area (Å²) in [6.07, 6.45) is -17.3. The monoisotopic (exact) mass is 608 g/mol. The Kier molecular flexibility index (Phi) is 8.21. The highest BCUT2D eigenvalue weighted by atomic mass is 16.7. The quantitative estimate of drug-likeness (QED) is 0.152. The van der Waals surface area contributed by atoms with Crippen LogP contribution in [0.5, 0.6) is 23.0 Å². The molecule has 9 N–H and O–H groups in total. The van der Waals surface area contributed by atoms with Crippen LogP contribution >= 0.6 is 0 Å². The molecular formula is C27H28O16. The fourth-order valence-corrected chi connectivity index (χ4v) is 4.75. The third kappa shape index (κ3) is 5.57. The molecule has 0 unspecified atom stereocenters. The van der Waals surface area contributed by atoms with Crippen LogP contribution in [0.1, 0.15) is 6.92 Å². The molecule has 0 aliphatic carbocycles. The van der Waals surface area contributed by atoms with Gasteiger partial charge in [0.15, 0.2) is 11.9 Å². The number of ether oxygens (including phenoxy) is 4. The summed E-state index contributed by atoms with van der Waals surface area (Å²) in [6.45, 7) is 1.40. The van der Waals surface area contributed by atoms with Gasteiger partial charge in [-0.05, 0) is 31.2 Å². The Hall–Kier alpha value is -4.00. The van der Waals surface area contributed by atoms with E-state index in [1.165, 1.54) is 31.2 Å². The highest BCUT2D eigenvalue weighted by Crippen LogP contribution is 2.38. The van der Waals surface area contributed by atoms with Crippen molar-refractivity contribution < 1.29 is 74.1 Å². The highest BCUT2D eigenvalue weighted by molar-refractivity contribution is 5.88. The minimum Gasteiger partial charge on any atom is -0.508 e. The van der Waals surface area contributed by atoms with E-state index in [0.717, 1.165) is 12.1 Å². The molecular weight excluding hydrogens is 580 g/mol. The van der Waals surface area contributed by atoms with Crippen molar-refractivity contribution in [1.82, 2.24) is 0 Å². The number of carbonyl (C=O) groups is 1. The molecule has 0 amide bonds. The van der Waals surface area contributed by atoms with Crippen molar-refractivity contribution in [2.24, 2.45) is 0 Å². The Morgan fingerprint density at radius 1 is 0.791 bits per heavy atom. The Labute approximate surface area is 240 Å². The molecule has 2 saturated heterocycles. The second kappa shape index (κ2) is 11.6. The van der Waals surface area contributed by atoms with Gasteiger partial charge in [-0.2, -0.15) is 0 Å². The van der Waals surface area contributed by atoms with Gasteiger partial charge in [0.05, 0.1) is 6.10 Å². The van der Waals surface area contributed by atoms with Crippen molar-refractivity contribution in [1.29, 1.82) is 0 Å². The van der Waals surface area contributed by atoms with Gasteiger partial charge in [-0.3, -0.25) is 4.79 Å². The molecule has 3 heterocycles. The van der Waals surface area contributed by atoms with E-state index in [9.17, 15) is 55.5 Å². The smallest absolute Gasteiger partial charge is 0.335 e. The largest absolute Gasteiger partial charge is 0.508 e. The van der Waals surface area contributed by atoms with Crippen LogP contribution in [0, 0.1) is 0 Å². The van der Waals surface area contributed by atoms with Crippen LogP contribution in [0.3, 0.4) is 0 Å². The van der Waals surface area contributed by atoms with Gasteiger partial charge in [0.1, 0.15) is 64.8 Å². The van der Waals surface area contributed by atoms with Gasteiger partial charge in [0, 0.05) is 17.7 Å². The van der Waals surface area contributed by atoms with Crippen LogP contribution in [0.2, 0.25) is 0 Å². The molecule has 2 aliphatic rings. The first-order chi connectivity index (χ1) is 20.3. The third-order valence-electron chi connectivity index (χ3n) is 7.14. The van der Waals surface area contributed by atoms with Crippen molar-refractivity contribution >= 4 is 16.9 Å². The van der Waals surface area contributed by atoms with E-state index >= 15 is 0 Å². The van der Waals surface area contributed by atoms with Crippen molar-refractivity contribution in [3.63, 3.8) is 0 Å². The molecule has 2 aliphatic heterocycles. The number of aliphatic hydroxyl groups excluding tert-OH is 6. The summed E-state index contributed by atoms with van der Waals surface area (Å²) in [5.41, 5.74) is -1.12. The van der Waals surface area contributed by atoms with E-state index in [2.05, 4.69) is 0 Å². The Morgan fingerprint density at radius 3 is 2.02 bits per heavy atom. The van der Waals surface area contributed by atoms with Crippen molar-refractivity contribution in [2.75, 3.05) is 0 Å². The number of aliphatic hydroxyl groups is 6. The average molecular weight is 609 g/mol. The number of hydrogen-bond donors (Lipinski definition) is 9. The Bertz CT molecular complexity index is 1550. The number of benzene rings is 2. The summed E-state index contributed by atoms with van der Waals surface area (Å²) >= 11 is 0. The molecule has 0 bridgehead atoms. The van der Waals surface area contributed by atoms with E-state index in [-0.39, 0.29) is 28.4 Å². The molecule has 2 aromatic carbocycles. The summed E-state index contributed by atoms with van der Waals surface area (Å²) in [6, 6.07) is 7.25. The summed E-state index contributed by atoms with van der Waals surface area (Å²) in [5, 5.41) is 90.2. The van der Waals surface area contributed by atoms with Crippen molar-refractivity contribution in [3.05, 3.63) is 46.6 Å². The first kappa shape index (κ1) is 30.5. The zero-order valence-corrected chi connectivity index (χ0v) is 22.1. The number of fused-ring (bicyclic) bond motifs is 1. The fraction of sp³-hybridized carbons (Fsp3) is 0.407. The number of carboxylic acids is 1. The van der Waals surface area contributed by atoms with Crippen LogP contribution in [0.15, 0.2) is 45.6 Å². The number of aliphatic carboxylic acids is 1. The molecule has 10 atom stereocenters. The fourth-order valence-electron chi connectivity index (χ4n) is 4.75. The molecule has 0 saturated carbocycles. The molecule has 232 valence electrons. The van der Waals surface area contributed by atoms with Crippen LogP contribution in [-0.4, -0.2) is 113 Å². The molecule has 2 fully saturated rings. The van der Waals surface area contributed by atoms with E-state index < -0.39 is 89.7 Å². The summed E-state index contributed by atoms with van der Waals surface area (Å²) in [5.74, 6) is -3.68. The Balaban J connectivity index is 1.58. The number of carboxylic acid groups (broad SMARTS) is 1. The van der Waals surface area contributed by atoms with Crippen LogP contribution in [0.25, 0.3) is 22.3 Å². The molecule has 0 radical (unpaired) electrons. The van der Waals surface area contributed by atoms with Gasteiger partial charge in [0.2, 0.25) is 23.8 Å². The van der Waals surface area contributed by atoms with Crippen molar-refractivity contribution in [3.8, 4) is 34.3 Å². The number of phenols is 2. The van der Waals surface area contributed by atoms with Gasteiger partial charge in [-0.15, -0.1) is 0 Å². The zero-order chi connectivity index (χ0) is 31.3. The SMILES string of the molecule is C[C@@H]1O[C@@H](Oc2c(-c3ccc(O)cc3)oc3cc(O[C@@H]4O[C@H](C(=O)O)[C@H](O)[C@H](O)[C@H]4O)cc(O)c3c2=O)[C@H](O)[C@H](O)[C@H]1O. The summed E-state index contributed by atoms with van der Waals surface area (Å²) in [7, 11) is 0. The minimum atomic E-state index is -1.97. The molecule has 16 heteroatoms. The average Bonchev–Trinajstić information content (AvgIpc) is 2.96. The van der Waals surface area contributed by atoms with Crippen LogP contribution in [0.4, 0.5) is 0 Å². The van der Waals surface area contributed by atoms with Crippen molar-refractivity contribution in [2.45, 2.75) is 68.3 Å². The maximum Gasteiger partial charge on any atom is 0.335 e. The molecule has 43 heavy (non-hydrogen) atoms. The van der Waals surface area contributed by atoms with Gasteiger partial charge in [-0.25, -0.2) is 4.79 Å². The zero-order valence-electron chi connectivity index (χ0n) is 22.1. The van der Waals surface area contributed by atoms with Gasteiger partial charge >= 0.3 is 5.97 Å². The first-order valence-corrected chi connectivity index (χ1v) is 12.9. The topological polar surface area (TPSA) is 266 Å². The third-order valence-corrected chi connectivity index (χ3v) is 7.14. The predicted molar refractivity (Wildman–Crippen MR) is 139 cm³/mol. The van der Waals surface area contributed by atoms with E-state index in [0.29, 0.717) is 0 Å². The van der Waals surface area contributed by atoms with Gasteiger partial charge < -0.3 is 69.3 Å². The van der Waals surface area contributed by atoms with Crippen LogP contribution < -0.4 is 14.9 Å². The maximum atomic E-state index is 13.7. The maximum absolute atomic E-state index is 13.7. The number of aromatic hydroxyl groups is 2. The van der Waals surface area contributed by atoms with E-state index in [1.807, 2.05) is 0 Å². The Morgan fingerprint density at radius 2 is 1.40 bits per heavy atom. The van der Waals surface area contributed by atoms with E-state index in [4.69, 9.17) is 23.4 Å². The molecule has 3 aromatic rings. The summed E-state index contributed by atoms with van der Waals surface area (Å²) < 4.78 is 27.6. The van der Waals surface area contributed by atoms with Gasteiger partial charge in [-0.1, -0.05) is 0 Å². The lowest BCUT2D eigenvalue weighted by molar-refractivity contribution is -0.271. The van der Waals surface area contributed by atoms with Gasteiger partial charge in [0.25, 0.3) is 0 Å². The summed E-state index contributed by atoms with van der Waals surface area (Å²) in [4.78, 5) is 25.1. The minimum absolute atomic E-state index is 0.127. The molecule has 16 nitrogen and oxygen atoms in total. The lowest BCUT2D eigenvalue weighted by atomic mass is 9.99. The lowest BCUT2D eigenvalue weighted by Gasteiger charge is -2.38. The van der Waals surface area contributed by atoms with Crippen LogP contribution in [-0.2, 0) is 14.3 Å². The standard InChI is InChI=1S/C27H28O16/c1-8-15(30)17(32)20(35)26(39-8)42-23-16(31)14-12(29)6-11(7-13(14)41-22(23)9-2-4-10(28)5-3-9)40-27-21(36)18(33)19(34)24(43-27)25(37)38/h2-8,15,17-21,24,26-30,32-36H,1H3,(H,37,38)/t8-,15-,17+,18-,19+,20+,21+,24-,26-,27+/m0/s1. The molecule has 1 aromatic heterocycles. The highest BCUT2D eigenvalue weighted by Gasteiger charge is 2.48. The normalized spacial score (nSPS) is 32.8. The number of hydrogen-bond acceptors (Lipinski definition) is 15. The second-order valence-corrected chi connectivity index (χ2v) is 10.1. The predicted octanol–water partition coefficient (Wildman–Crippen LogP) is -1.65. The molecule has 5 rings (SSSR count).